The third-order valence-electron chi connectivity index (χ3n) is 3.80. The lowest BCUT2D eigenvalue weighted by Crippen LogP contribution is -2.10. The predicted octanol–water partition coefficient (Wildman–Crippen LogP) is 4.12. The number of rotatable bonds is 2. The molecule has 0 aliphatic heterocycles. The summed E-state index contributed by atoms with van der Waals surface area (Å²) in [6, 6.07) is 8.63. The summed E-state index contributed by atoms with van der Waals surface area (Å²) in [5.74, 6) is 0.507. The molecule has 0 saturated carbocycles. The Kier molecular flexibility index (Phi) is 3.23. The van der Waals surface area contributed by atoms with Gasteiger partial charge in [0.2, 0.25) is 0 Å². The van der Waals surface area contributed by atoms with E-state index >= 15 is 0 Å². The number of nitrogens with zero attached hydrogens (tertiary/aromatic N) is 1. The Morgan fingerprint density at radius 2 is 2.16 bits per heavy atom. The van der Waals surface area contributed by atoms with Gasteiger partial charge in [0.15, 0.2) is 5.78 Å². The maximum absolute atomic E-state index is 11.6. The maximum Gasteiger partial charge on any atom is 0.171 e. The van der Waals surface area contributed by atoms with Crippen LogP contribution in [-0.2, 0) is 6.42 Å². The van der Waals surface area contributed by atoms with Crippen LogP contribution >= 0.6 is 11.3 Å². The van der Waals surface area contributed by atoms with Crippen LogP contribution in [0.3, 0.4) is 0 Å². The molecule has 0 N–H and O–H groups in total. The van der Waals surface area contributed by atoms with Gasteiger partial charge in [-0.05, 0) is 37.3 Å². The number of fused-ring (bicyclic) bond motifs is 1. The average molecular weight is 271 g/mol. The summed E-state index contributed by atoms with van der Waals surface area (Å²) in [5.41, 5.74) is 3.73. The molecule has 1 unspecified atom stereocenters. The summed E-state index contributed by atoms with van der Waals surface area (Å²) in [6.45, 7) is 3.56. The Balaban J connectivity index is 2.04. The molecule has 3 rings (SSSR count). The summed E-state index contributed by atoms with van der Waals surface area (Å²) in [7, 11) is 0. The van der Waals surface area contributed by atoms with Gasteiger partial charge in [0.05, 0.1) is 10.6 Å². The van der Waals surface area contributed by atoms with Crippen LogP contribution < -0.4 is 0 Å². The number of hydrogen-bond donors (Lipinski definition) is 0. The first-order valence-corrected chi connectivity index (χ1v) is 7.54. The van der Waals surface area contributed by atoms with E-state index in [-0.39, 0.29) is 5.78 Å². The highest BCUT2D eigenvalue weighted by molar-refractivity contribution is 7.14. The van der Waals surface area contributed by atoms with E-state index in [9.17, 15) is 4.79 Å². The number of aryl methyl sites for hydroxylation is 2. The number of benzene rings is 1. The van der Waals surface area contributed by atoms with Crippen LogP contribution in [0.5, 0.6) is 0 Å². The molecular formula is C16H17NOS. The quantitative estimate of drug-likeness (QED) is 0.769. The van der Waals surface area contributed by atoms with Crippen molar-refractivity contribution in [2.75, 3.05) is 0 Å². The molecule has 19 heavy (non-hydrogen) atoms. The van der Waals surface area contributed by atoms with Crippen LogP contribution in [0.25, 0.3) is 0 Å². The molecule has 1 atom stereocenters. The Morgan fingerprint density at radius 3 is 2.89 bits per heavy atom. The van der Waals surface area contributed by atoms with E-state index in [1.807, 2.05) is 6.92 Å². The zero-order valence-corrected chi connectivity index (χ0v) is 12.1. The van der Waals surface area contributed by atoms with Crippen LogP contribution in [-0.4, -0.2) is 10.8 Å². The average Bonchev–Trinajstić information content (AvgIpc) is 2.80. The molecule has 2 aromatic rings. The van der Waals surface area contributed by atoms with Crippen LogP contribution in [0, 0.1) is 6.92 Å². The van der Waals surface area contributed by atoms with Crippen molar-refractivity contribution in [3.05, 3.63) is 51.0 Å². The van der Waals surface area contributed by atoms with Gasteiger partial charge in [-0.2, -0.15) is 0 Å². The number of Topliss-reactive ketones (excluding diaryl/α,β-unsaturated/α-hetero) is 1. The molecule has 1 aliphatic rings. The van der Waals surface area contributed by atoms with Crippen molar-refractivity contribution in [3.63, 3.8) is 0 Å². The minimum Gasteiger partial charge on any atom is -0.294 e. The number of ketones is 1. The second-order valence-corrected chi connectivity index (χ2v) is 6.20. The van der Waals surface area contributed by atoms with Crippen molar-refractivity contribution in [3.8, 4) is 0 Å². The third-order valence-corrected chi connectivity index (χ3v) is 5.17. The molecule has 0 spiro atoms. The Bertz CT molecular complexity index is 629. The van der Waals surface area contributed by atoms with E-state index in [0.29, 0.717) is 5.92 Å². The zero-order chi connectivity index (χ0) is 13.4. The summed E-state index contributed by atoms with van der Waals surface area (Å²) in [5, 5.41) is 1.11. The van der Waals surface area contributed by atoms with Crippen molar-refractivity contribution in [2.45, 2.75) is 39.0 Å². The Hall–Kier alpha value is -1.48. The topological polar surface area (TPSA) is 30.0 Å². The first-order valence-electron chi connectivity index (χ1n) is 6.73. The predicted molar refractivity (Wildman–Crippen MR) is 78.1 cm³/mol. The number of thiazole rings is 1. The first kappa shape index (κ1) is 12.5. The smallest absolute Gasteiger partial charge is 0.171 e. The normalized spacial score (nSPS) is 18.1. The monoisotopic (exact) mass is 271 g/mol. The van der Waals surface area contributed by atoms with Crippen LogP contribution in [0.4, 0.5) is 0 Å². The molecule has 0 fully saturated rings. The molecule has 0 saturated heterocycles. The van der Waals surface area contributed by atoms with E-state index in [2.05, 4.69) is 29.2 Å². The lowest BCUT2D eigenvalue weighted by molar-refractivity contribution is 0.102. The van der Waals surface area contributed by atoms with Gasteiger partial charge in [0.1, 0.15) is 5.01 Å². The molecular weight excluding hydrogens is 254 g/mol. The number of carbonyl (C=O) groups excluding carboxylic acids is 1. The van der Waals surface area contributed by atoms with E-state index in [1.165, 1.54) is 17.5 Å². The number of carbonyl (C=O) groups is 1. The van der Waals surface area contributed by atoms with Gasteiger partial charge in [-0.1, -0.05) is 24.3 Å². The summed E-state index contributed by atoms with van der Waals surface area (Å²) >= 11 is 1.58. The number of hydrogen-bond acceptors (Lipinski definition) is 3. The maximum atomic E-state index is 11.6. The van der Waals surface area contributed by atoms with E-state index in [1.54, 1.807) is 18.3 Å². The van der Waals surface area contributed by atoms with Crippen molar-refractivity contribution in [2.24, 2.45) is 0 Å². The second kappa shape index (κ2) is 4.89. The highest BCUT2D eigenvalue weighted by Gasteiger charge is 2.25. The molecule has 1 aromatic heterocycles. The molecule has 0 amide bonds. The minimum absolute atomic E-state index is 0.130. The molecule has 1 aliphatic carbocycles. The minimum atomic E-state index is 0.130. The third kappa shape index (κ3) is 2.23. The Morgan fingerprint density at radius 1 is 1.37 bits per heavy atom. The molecule has 1 heterocycles. The molecule has 0 bridgehead atoms. The highest BCUT2D eigenvalue weighted by atomic mass is 32.1. The first-order chi connectivity index (χ1) is 9.16. The molecule has 3 heteroatoms. The zero-order valence-electron chi connectivity index (χ0n) is 11.3. The van der Waals surface area contributed by atoms with Crippen molar-refractivity contribution in [1.29, 1.82) is 0 Å². The molecule has 1 aromatic carbocycles. The highest BCUT2D eigenvalue weighted by Crippen LogP contribution is 2.38. The largest absolute Gasteiger partial charge is 0.294 e. The van der Waals surface area contributed by atoms with Crippen molar-refractivity contribution >= 4 is 17.1 Å². The lowest BCUT2D eigenvalue weighted by Gasteiger charge is -2.23. The van der Waals surface area contributed by atoms with Gasteiger partial charge < -0.3 is 0 Å². The van der Waals surface area contributed by atoms with E-state index < -0.39 is 0 Å². The van der Waals surface area contributed by atoms with Gasteiger partial charge >= 0.3 is 0 Å². The van der Waals surface area contributed by atoms with E-state index in [0.717, 1.165) is 28.4 Å². The summed E-state index contributed by atoms with van der Waals surface area (Å²) < 4.78 is 0. The summed E-state index contributed by atoms with van der Waals surface area (Å²) in [6.07, 6.45) is 3.51. The standard InChI is InChI=1S/C16H17NOS/c1-10-15(11(2)18)19-16(17-10)14-9-5-7-12-6-3-4-8-13(12)14/h3-4,6,8,14H,5,7,9H2,1-2H3. The molecule has 98 valence electrons. The van der Waals surface area contributed by atoms with Gasteiger partial charge in [-0.25, -0.2) is 4.98 Å². The van der Waals surface area contributed by atoms with Gasteiger partial charge in [-0.15, -0.1) is 11.3 Å². The van der Waals surface area contributed by atoms with Crippen LogP contribution in [0.15, 0.2) is 24.3 Å². The van der Waals surface area contributed by atoms with Crippen LogP contribution in [0.2, 0.25) is 0 Å². The summed E-state index contributed by atoms with van der Waals surface area (Å²) in [4.78, 5) is 17.0. The van der Waals surface area contributed by atoms with Crippen LogP contribution in [0.1, 0.15) is 57.2 Å². The fourth-order valence-electron chi connectivity index (χ4n) is 2.90. The van der Waals surface area contributed by atoms with Crippen molar-refractivity contribution < 1.29 is 4.79 Å². The fourth-order valence-corrected chi connectivity index (χ4v) is 4.02. The Labute approximate surface area is 117 Å². The van der Waals surface area contributed by atoms with Gasteiger partial charge in [0.25, 0.3) is 0 Å². The van der Waals surface area contributed by atoms with Gasteiger partial charge in [0, 0.05) is 12.8 Å². The van der Waals surface area contributed by atoms with E-state index in [4.69, 9.17) is 0 Å². The number of aromatic nitrogens is 1. The second-order valence-electron chi connectivity index (χ2n) is 5.17. The van der Waals surface area contributed by atoms with Crippen molar-refractivity contribution in [1.82, 2.24) is 4.98 Å². The van der Waals surface area contributed by atoms with Gasteiger partial charge in [-0.3, -0.25) is 4.79 Å². The molecule has 2 nitrogen and oxygen atoms in total. The molecule has 0 radical (unpaired) electrons. The SMILES string of the molecule is CC(=O)c1sc(C2CCCc3ccccc32)nc1C. The fraction of sp³-hybridized carbons (Fsp3) is 0.375. The lowest BCUT2D eigenvalue weighted by atomic mass is 9.83.